The number of hydrogen-bond donors (Lipinski definition) is 1. The van der Waals surface area contributed by atoms with Crippen molar-refractivity contribution in [2.24, 2.45) is 11.8 Å². The van der Waals surface area contributed by atoms with Gasteiger partial charge in [0.05, 0.1) is 0 Å². The first-order valence-corrected chi connectivity index (χ1v) is 6.40. The molecule has 0 spiro atoms. The lowest BCUT2D eigenvalue weighted by Crippen LogP contribution is -2.12. The monoisotopic (exact) mass is 282 g/mol. The minimum atomic E-state index is -0.674. The predicted octanol–water partition coefficient (Wildman–Crippen LogP) is 3.49. The van der Waals surface area contributed by atoms with Crippen molar-refractivity contribution >= 4 is 21.9 Å². The average molecular weight is 283 g/mol. The van der Waals surface area contributed by atoms with Crippen molar-refractivity contribution in [2.75, 3.05) is 0 Å². The van der Waals surface area contributed by atoms with Gasteiger partial charge in [0.2, 0.25) is 0 Å². The Morgan fingerprint density at radius 3 is 2.81 bits per heavy atom. The molecule has 2 nitrogen and oxygen atoms in total. The summed E-state index contributed by atoms with van der Waals surface area (Å²) in [5.74, 6) is 0.272. The Morgan fingerprint density at radius 1 is 1.50 bits per heavy atom. The van der Waals surface area contributed by atoms with Gasteiger partial charge in [-0.3, -0.25) is 4.79 Å². The molecule has 0 aliphatic heterocycles. The van der Waals surface area contributed by atoms with Crippen molar-refractivity contribution in [2.45, 2.75) is 25.7 Å². The summed E-state index contributed by atoms with van der Waals surface area (Å²) in [7, 11) is 0. The summed E-state index contributed by atoms with van der Waals surface area (Å²) in [5, 5.41) is 8.88. The molecule has 86 valence electrons. The lowest BCUT2D eigenvalue weighted by Gasteiger charge is -2.13. The molecule has 0 saturated heterocycles. The van der Waals surface area contributed by atoms with Gasteiger partial charge in [0.15, 0.2) is 0 Å². The van der Waals surface area contributed by atoms with Crippen LogP contribution in [0.1, 0.15) is 24.8 Å². The highest BCUT2D eigenvalue weighted by Crippen LogP contribution is 2.40. The predicted molar refractivity (Wildman–Crippen MR) is 66.3 cm³/mol. The minimum absolute atomic E-state index is 0.303. The second kappa shape index (κ2) is 5.00. The highest BCUT2D eigenvalue weighted by Gasteiger charge is 2.32. The maximum atomic E-state index is 10.8. The lowest BCUT2D eigenvalue weighted by molar-refractivity contribution is -0.138. The summed E-state index contributed by atoms with van der Waals surface area (Å²) in [6, 6.07) is 8.15. The van der Waals surface area contributed by atoms with E-state index < -0.39 is 5.97 Å². The first kappa shape index (κ1) is 11.6. The number of carbonyl (C=O) groups is 1. The van der Waals surface area contributed by atoms with Crippen LogP contribution < -0.4 is 0 Å². The molecule has 1 aliphatic rings. The summed E-state index contributed by atoms with van der Waals surface area (Å²) >= 11 is 3.44. The van der Waals surface area contributed by atoms with Crippen LogP contribution in [-0.2, 0) is 11.2 Å². The van der Waals surface area contributed by atoms with E-state index in [-0.39, 0.29) is 0 Å². The van der Waals surface area contributed by atoms with Crippen LogP contribution in [0, 0.1) is 11.8 Å². The Balaban J connectivity index is 2.02. The molecule has 1 fully saturated rings. The van der Waals surface area contributed by atoms with Crippen molar-refractivity contribution in [1.29, 1.82) is 0 Å². The standard InChI is InChI=1S/C13H15BrO2/c14-12-3-1-2-9(7-12)6-11(8-13(15)16)10-4-5-10/h1-3,7,10-11H,4-6,8H2,(H,15,16). The Bertz CT molecular complexity index is 385. The summed E-state index contributed by atoms with van der Waals surface area (Å²) < 4.78 is 1.06. The highest BCUT2D eigenvalue weighted by atomic mass is 79.9. The van der Waals surface area contributed by atoms with Crippen molar-refractivity contribution in [3.05, 3.63) is 34.3 Å². The maximum absolute atomic E-state index is 10.8. The van der Waals surface area contributed by atoms with Crippen molar-refractivity contribution in [3.63, 3.8) is 0 Å². The smallest absolute Gasteiger partial charge is 0.303 e. The van der Waals surface area contributed by atoms with Crippen LogP contribution in [0.4, 0.5) is 0 Å². The van der Waals surface area contributed by atoms with E-state index in [1.165, 1.54) is 18.4 Å². The molecule has 0 bridgehead atoms. The number of halogens is 1. The Morgan fingerprint density at radius 2 is 2.25 bits per heavy atom. The van der Waals surface area contributed by atoms with Crippen LogP contribution in [0.15, 0.2) is 28.7 Å². The van der Waals surface area contributed by atoms with Gasteiger partial charge < -0.3 is 5.11 Å². The van der Waals surface area contributed by atoms with Crippen LogP contribution >= 0.6 is 15.9 Å². The third-order valence-electron chi connectivity index (χ3n) is 3.11. The van der Waals surface area contributed by atoms with E-state index in [4.69, 9.17) is 5.11 Å². The van der Waals surface area contributed by atoms with Gasteiger partial charge in [0.25, 0.3) is 0 Å². The Kier molecular flexibility index (Phi) is 3.64. The molecule has 1 aromatic rings. The molecule has 0 aromatic heterocycles. The van der Waals surface area contributed by atoms with E-state index in [1.54, 1.807) is 0 Å². The zero-order valence-corrected chi connectivity index (χ0v) is 10.6. The fourth-order valence-corrected chi connectivity index (χ4v) is 2.61. The van der Waals surface area contributed by atoms with Gasteiger partial charge in [-0.1, -0.05) is 28.1 Å². The third kappa shape index (κ3) is 3.34. The van der Waals surface area contributed by atoms with Gasteiger partial charge in [-0.15, -0.1) is 0 Å². The molecule has 1 N–H and O–H groups in total. The molecule has 1 aliphatic carbocycles. The molecule has 1 atom stereocenters. The van der Waals surface area contributed by atoms with E-state index >= 15 is 0 Å². The molecule has 3 heteroatoms. The van der Waals surface area contributed by atoms with Gasteiger partial charge in [-0.05, 0) is 48.8 Å². The number of benzene rings is 1. The second-order valence-electron chi connectivity index (χ2n) is 4.53. The molecule has 2 rings (SSSR count). The first-order chi connectivity index (χ1) is 7.65. The number of carboxylic acids is 1. The molecule has 0 amide bonds. The van der Waals surface area contributed by atoms with E-state index in [9.17, 15) is 4.79 Å². The van der Waals surface area contributed by atoms with E-state index in [0.717, 1.165) is 10.9 Å². The van der Waals surface area contributed by atoms with E-state index in [2.05, 4.69) is 28.1 Å². The maximum Gasteiger partial charge on any atom is 0.303 e. The van der Waals surface area contributed by atoms with Gasteiger partial charge in [0, 0.05) is 10.9 Å². The fraction of sp³-hybridized carbons (Fsp3) is 0.462. The van der Waals surface area contributed by atoms with Gasteiger partial charge in [-0.25, -0.2) is 0 Å². The van der Waals surface area contributed by atoms with Crippen LogP contribution in [0.3, 0.4) is 0 Å². The summed E-state index contributed by atoms with van der Waals surface area (Å²) in [4.78, 5) is 10.8. The summed E-state index contributed by atoms with van der Waals surface area (Å²) in [6.07, 6.45) is 3.59. The quantitative estimate of drug-likeness (QED) is 0.898. The first-order valence-electron chi connectivity index (χ1n) is 5.61. The molecule has 1 saturated carbocycles. The number of rotatable bonds is 5. The summed E-state index contributed by atoms with van der Waals surface area (Å²) in [6.45, 7) is 0. The van der Waals surface area contributed by atoms with Crippen LogP contribution in [0.2, 0.25) is 0 Å². The molecular formula is C13H15BrO2. The van der Waals surface area contributed by atoms with E-state index in [0.29, 0.717) is 18.3 Å². The molecule has 1 unspecified atom stereocenters. The van der Waals surface area contributed by atoms with Gasteiger partial charge in [0.1, 0.15) is 0 Å². The average Bonchev–Trinajstić information content (AvgIpc) is 2.99. The van der Waals surface area contributed by atoms with Crippen LogP contribution in [0.25, 0.3) is 0 Å². The van der Waals surface area contributed by atoms with E-state index in [1.807, 2.05) is 12.1 Å². The molecule has 0 heterocycles. The zero-order valence-electron chi connectivity index (χ0n) is 9.03. The zero-order chi connectivity index (χ0) is 11.5. The topological polar surface area (TPSA) is 37.3 Å². The second-order valence-corrected chi connectivity index (χ2v) is 5.45. The SMILES string of the molecule is O=C(O)CC(Cc1cccc(Br)c1)C1CC1. The molecule has 1 aromatic carbocycles. The van der Waals surface area contributed by atoms with Crippen molar-refractivity contribution in [3.8, 4) is 0 Å². The van der Waals surface area contributed by atoms with Crippen molar-refractivity contribution < 1.29 is 9.90 Å². The van der Waals surface area contributed by atoms with Crippen molar-refractivity contribution in [1.82, 2.24) is 0 Å². The number of hydrogen-bond acceptors (Lipinski definition) is 1. The van der Waals surface area contributed by atoms with Gasteiger partial charge >= 0.3 is 5.97 Å². The molecular weight excluding hydrogens is 268 g/mol. The fourth-order valence-electron chi connectivity index (χ4n) is 2.16. The summed E-state index contributed by atoms with van der Waals surface area (Å²) in [5.41, 5.74) is 1.23. The van der Waals surface area contributed by atoms with Gasteiger partial charge in [-0.2, -0.15) is 0 Å². The normalized spacial score (nSPS) is 17.1. The van der Waals surface area contributed by atoms with Crippen LogP contribution in [-0.4, -0.2) is 11.1 Å². The Labute approximate surface area is 104 Å². The molecule has 0 radical (unpaired) electrons. The number of aliphatic carboxylic acids is 1. The minimum Gasteiger partial charge on any atom is -0.481 e. The Hall–Kier alpha value is -0.830. The van der Waals surface area contributed by atoms with Crippen LogP contribution in [0.5, 0.6) is 0 Å². The number of carboxylic acid groups (broad SMARTS) is 1. The highest BCUT2D eigenvalue weighted by molar-refractivity contribution is 9.10. The lowest BCUT2D eigenvalue weighted by atomic mass is 9.92. The molecule has 16 heavy (non-hydrogen) atoms. The third-order valence-corrected chi connectivity index (χ3v) is 3.61. The largest absolute Gasteiger partial charge is 0.481 e.